The number of phenolic OH excluding ortho intramolecular Hbond substituents is 7. The van der Waals surface area contributed by atoms with Crippen molar-refractivity contribution in [2.24, 2.45) is 11.8 Å². The van der Waals surface area contributed by atoms with Crippen LogP contribution < -0.4 is 0 Å². The Hall–Kier alpha value is -6.96. The van der Waals surface area contributed by atoms with Gasteiger partial charge >= 0.3 is 11.9 Å². The van der Waals surface area contributed by atoms with Crippen LogP contribution in [0.25, 0.3) is 28.4 Å². The number of ether oxygens (including phenoxy) is 2. The van der Waals surface area contributed by atoms with Crippen LogP contribution in [0.1, 0.15) is 54.7 Å². The molecule has 56 heavy (non-hydrogen) atoms. The summed E-state index contributed by atoms with van der Waals surface area (Å²) in [7, 11) is 0. The van der Waals surface area contributed by atoms with Crippen molar-refractivity contribution in [2.75, 3.05) is 0 Å². The predicted molar refractivity (Wildman–Crippen MR) is 201 cm³/mol. The molecule has 0 radical (unpaired) electrons. The normalized spacial score (nSPS) is 12.6. The fourth-order valence-corrected chi connectivity index (χ4v) is 5.91. The monoisotopic (exact) mass is 768 g/mol. The number of phenols is 7. The summed E-state index contributed by atoms with van der Waals surface area (Å²) in [5.41, 5.74) is 0.355. The molecule has 1 heterocycles. The maximum Gasteiger partial charge on any atom is 0.343 e. The Balaban J connectivity index is 1.57. The van der Waals surface area contributed by atoms with Crippen LogP contribution in [0.15, 0.2) is 77.2 Å². The van der Waals surface area contributed by atoms with Crippen LogP contribution in [-0.4, -0.2) is 71.5 Å². The minimum atomic E-state index is -1.42. The van der Waals surface area contributed by atoms with Gasteiger partial charge in [0, 0.05) is 41.7 Å². The van der Waals surface area contributed by atoms with Crippen LogP contribution in [0.5, 0.6) is 40.2 Å². The van der Waals surface area contributed by atoms with Crippen LogP contribution in [-0.2, 0) is 36.7 Å². The van der Waals surface area contributed by atoms with Gasteiger partial charge in [-0.25, -0.2) is 9.59 Å². The molecule has 2 atom stereocenters. The first-order valence-corrected chi connectivity index (χ1v) is 17.4. The number of hydrogen-bond acceptors (Lipinski definition) is 14. The topological polar surface area (TPSA) is 241 Å². The van der Waals surface area contributed by atoms with Gasteiger partial charge in [-0.1, -0.05) is 45.9 Å². The van der Waals surface area contributed by atoms with E-state index in [1.807, 2.05) is 0 Å². The molecule has 14 heteroatoms. The summed E-state index contributed by atoms with van der Waals surface area (Å²) in [6, 6.07) is 14.0. The SMILES string of the molecule is CC(C)C(=O)C(Cc1ccc(O)c(O)c1)OC(=O)/C=C/c1ccc(O)c2oc(-c3ccc(O)c(O)c3)c(C(=O)OC(Cc3ccc(O)c(O)c3)C(=O)C(C)C)c12. The molecule has 4 aromatic carbocycles. The van der Waals surface area contributed by atoms with E-state index in [9.17, 15) is 54.9 Å². The number of carbonyl (C=O) groups excluding carboxylic acids is 4. The van der Waals surface area contributed by atoms with Gasteiger partial charge in [0.15, 0.2) is 69.6 Å². The number of esters is 2. The molecule has 14 nitrogen and oxygen atoms in total. The van der Waals surface area contributed by atoms with E-state index in [0.717, 1.165) is 18.2 Å². The summed E-state index contributed by atoms with van der Waals surface area (Å²) >= 11 is 0. The molecule has 0 aliphatic rings. The molecule has 0 spiro atoms. The van der Waals surface area contributed by atoms with Gasteiger partial charge in [-0.15, -0.1) is 0 Å². The average Bonchev–Trinajstić information content (AvgIpc) is 3.56. The lowest BCUT2D eigenvalue weighted by Crippen LogP contribution is -2.32. The molecule has 0 fully saturated rings. The summed E-state index contributed by atoms with van der Waals surface area (Å²) < 4.78 is 17.4. The predicted octanol–water partition coefficient (Wildman–Crippen LogP) is 6.43. The second-order valence-electron chi connectivity index (χ2n) is 13.7. The van der Waals surface area contributed by atoms with Gasteiger partial charge in [0.1, 0.15) is 11.3 Å². The Kier molecular flexibility index (Phi) is 11.9. The van der Waals surface area contributed by atoms with Crippen molar-refractivity contribution >= 4 is 40.6 Å². The smallest absolute Gasteiger partial charge is 0.343 e. The number of hydrogen-bond donors (Lipinski definition) is 7. The van der Waals surface area contributed by atoms with E-state index in [0.29, 0.717) is 11.1 Å². The van der Waals surface area contributed by atoms with E-state index in [1.54, 1.807) is 27.7 Å². The summed E-state index contributed by atoms with van der Waals surface area (Å²) in [6.07, 6.45) is -0.796. The zero-order valence-electron chi connectivity index (χ0n) is 30.7. The Morgan fingerprint density at radius 3 is 1.59 bits per heavy atom. The molecule has 0 saturated carbocycles. The highest BCUT2D eigenvalue weighted by molar-refractivity contribution is 6.13. The van der Waals surface area contributed by atoms with Crippen molar-refractivity contribution in [3.8, 4) is 51.6 Å². The van der Waals surface area contributed by atoms with Gasteiger partial charge < -0.3 is 49.6 Å². The lowest BCUT2D eigenvalue weighted by atomic mass is 9.97. The molecule has 7 N–H and O–H groups in total. The Morgan fingerprint density at radius 2 is 1.09 bits per heavy atom. The van der Waals surface area contributed by atoms with Gasteiger partial charge in [0.25, 0.3) is 0 Å². The molecule has 0 amide bonds. The summed E-state index contributed by atoms with van der Waals surface area (Å²) in [5, 5.41) is 70.6. The maximum absolute atomic E-state index is 14.3. The quantitative estimate of drug-likeness (QED) is 0.0366. The molecule has 2 unspecified atom stereocenters. The average molecular weight is 769 g/mol. The second kappa shape index (κ2) is 16.6. The molecule has 0 saturated heterocycles. The maximum atomic E-state index is 14.3. The van der Waals surface area contributed by atoms with Crippen LogP contribution in [0.4, 0.5) is 0 Å². The third-order valence-corrected chi connectivity index (χ3v) is 8.89. The van der Waals surface area contributed by atoms with Gasteiger partial charge in [-0.3, -0.25) is 9.59 Å². The van der Waals surface area contributed by atoms with E-state index >= 15 is 0 Å². The van der Waals surface area contributed by atoms with E-state index in [1.165, 1.54) is 60.7 Å². The van der Waals surface area contributed by atoms with Crippen molar-refractivity contribution in [3.63, 3.8) is 0 Å². The van der Waals surface area contributed by atoms with Gasteiger partial charge in [-0.05, 0) is 71.3 Å². The third-order valence-electron chi connectivity index (χ3n) is 8.89. The van der Waals surface area contributed by atoms with Crippen LogP contribution >= 0.6 is 0 Å². The molecule has 0 aliphatic carbocycles. The van der Waals surface area contributed by atoms with Crippen molar-refractivity contribution in [2.45, 2.75) is 52.7 Å². The first-order valence-electron chi connectivity index (χ1n) is 17.4. The van der Waals surface area contributed by atoms with Crippen molar-refractivity contribution < 1.29 is 68.8 Å². The van der Waals surface area contributed by atoms with Crippen LogP contribution in [0.3, 0.4) is 0 Å². The lowest BCUT2D eigenvalue weighted by molar-refractivity contribution is -0.151. The van der Waals surface area contributed by atoms with Gasteiger partial charge in [0.2, 0.25) is 0 Å². The van der Waals surface area contributed by atoms with Crippen molar-refractivity contribution in [1.29, 1.82) is 0 Å². The Labute approximate surface area is 320 Å². The number of ketones is 2. The highest BCUT2D eigenvalue weighted by Gasteiger charge is 2.33. The fraction of sp³-hybridized carbons (Fsp3) is 0.238. The number of furan rings is 1. The Morgan fingerprint density at radius 1 is 0.607 bits per heavy atom. The highest BCUT2D eigenvalue weighted by atomic mass is 16.6. The first-order chi connectivity index (χ1) is 26.4. The second-order valence-corrected chi connectivity index (χ2v) is 13.7. The minimum absolute atomic E-state index is 0.0580. The molecular weight excluding hydrogens is 728 g/mol. The van der Waals surface area contributed by atoms with E-state index in [4.69, 9.17) is 13.9 Å². The number of benzene rings is 4. The molecule has 0 aliphatic heterocycles. The number of fused-ring (bicyclic) bond motifs is 1. The molecule has 292 valence electrons. The number of rotatable bonds is 14. The first kappa shape index (κ1) is 40.2. The fourth-order valence-electron chi connectivity index (χ4n) is 5.91. The van der Waals surface area contributed by atoms with Gasteiger partial charge in [0.05, 0.1) is 0 Å². The zero-order valence-corrected chi connectivity index (χ0v) is 30.7. The third kappa shape index (κ3) is 8.87. The van der Waals surface area contributed by atoms with E-state index < -0.39 is 82.0 Å². The Bertz CT molecular complexity index is 2350. The zero-order chi connectivity index (χ0) is 41.0. The summed E-state index contributed by atoms with van der Waals surface area (Å²) in [6.45, 7) is 6.45. The summed E-state index contributed by atoms with van der Waals surface area (Å²) in [4.78, 5) is 54.0. The lowest BCUT2D eigenvalue weighted by Gasteiger charge is -2.19. The van der Waals surface area contributed by atoms with Crippen LogP contribution in [0.2, 0.25) is 0 Å². The number of carbonyl (C=O) groups is 4. The summed E-state index contributed by atoms with van der Waals surface area (Å²) in [5.74, 6) is -7.49. The minimum Gasteiger partial charge on any atom is -0.504 e. The molecule has 5 aromatic rings. The van der Waals surface area contributed by atoms with Crippen molar-refractivity contribution in [3.05, 3.63) is 95.1 Å². The number of aromatic hydroxyl groups is 7. The van der Waals surface area contributed by atoms with E-state index in [2.05, 4.69) is 0 Å². The molecular formula is C42H40O14. The van der Waals surface area contributed by atoms with Crippen LogP contribution in [0, 0.1) is 11.8 Å². The van der Waals surface area contributed by atoms with Gasteiger partial charge in [-0.2, -0.15) is 0 Å². The molecule has 0 bridgehead atoms. The number of Topliss-reactive ketones (excluding diaryl/α,β-unsaturated/α-hetero) is 2. The standard InChI is InChI=1S/C42H40O14/c1-20(2)38(51)33(17-22-5-10-26(43)30(47)15-22)54-35(50)14-9-24-7-13-29(46)41-36(24)37(40(56-41)25-8-12-28(45)32(49)19-25)42(53)55-34(39(52)21(3)4)18-23-6-11-27(44)31(48)16-23/h5-16,19-21,33-34,43-49H,17-18H2,1-4H3/b14-9+. The van der Waals surface area contributed by atoms with E-state index in [-0.39, 0.29) is 52.0 Å². The largest absolute Gasteiger partial charge is 0.504 e. The van der Waals surface area contributed by atoms with Crippen molar-refractivity contribution in [1.82, 2.24) is 0 Å². The molecule has 5 rings (SSSR count). The highest BCUT2D eigenvalue weighted by Crippen LogP contribution is 2.42. The molecule has 1 aromatic heterocycles.